The lowest BCUT2D eigenvalue weighted by molar-refractivity contribution is 0.632. The lowest BCUT2D eigenvalue weighted by Gasteiger charge is -2.11. The Morgan fingerprint density at radius 2 is 2.29 bits per heavy atom. The van der Waals surface area contributed by atoms with E-state index in [0.29, 0.717) is 23.4 Å². The molecule has 2 aromatic heterocycles. The number of nitrogens with zero attached hydrogens (tertiary/aromatic N) is 3. The van der Waals surface area contributed by atoms with Gasteiger partial charge in [0.05, 0.1) is 17.4 Å². The number of fused-ring (bicyclic) bond motifs is 1. The fourth-order valence-corrected chi connectivity index (χ4v) is 2.34. The van der Waals surface area contributed by atoms with E-state index >= 15 is 0 Å². The highest BCUT2D eigenvalue weighted by atomic mass is 19.1. The van der Waals surface area contributed by atoms with Crippen LogP contribution in [-0.2, 0) is 13.5 Å². The van der Waals surface area contributed by atoms with Gasteiger partial charge < -0.3 is 11.1 Å². The van der Waals surface area contributed by atoms with Gasteiger partial charge in [-0.1, -0.05) is 0 Å². The van der Waals surface area contributed by atoms with E-state index in [1.807, 2.05) is 19.3 Å². The van der Waals surface area contributed by atoms with Gasteiger partial charge in [-0.3, -0.25) is 9.67 Å². The van der Waals surface area contributed by atoms with Gasteiger partial charge >= 0.3 is 0 Å². The second-order valence-electron chi connectivity index (χ2n) is 4.92. The Kier molecular flexibility index (Phi) is 3.43. The van der Waals surface area contributed by atoms with Gasteiger partial charge in [-0.2, -0.15) is 5.10 Å². The molecule has 0 spiro atoms. The topological polar surface area (TPSA) is 68.8 Å². The quantitative estimate of drug-likeness (QED) is 0.722. The van der Waals surface area contributed by atoms with Gasteiger partial charge in [-0.15, -0.1) is 0 Å². The van der Waals surface area contributed by atoms with E-state index < -0.39 is 0 Å². The molecule has 0 aliphatic carbocycles. The van der Waals surface area contributed by atoms with E-state index in [1.165, 1.54) is 6.07 Å². The molecular weight excluding hydrogens is 269 g/mol. The fraction of sp³-hybridized carbons (Fsp3) is 0.200. The number of nitrogen functional groups attached to an aromatic ring is 1. The van der Waals surface area contributed by atoms with Crippen LogP contribution >= 0.6 is 0 Å². The number of hydrogen-bond donors (Lipinski definition) is 2. The lowest BCUT2D eigenvalue weighted by atomic mass is 10.1. The number of benzene rings is 1. The number of rotatable bonds is 4. The van der Waals surface area contributed by atoms with Crippen molar-refractivity contribution >= 4 is 22.3 Å². The summed E-state index contributed by atoms with van der Waals surface area (Å²) in [6.07, 6.45) is 6.13. The molecule has 3 aromatic rings. The summed E-state index contributed by atoms with van der Waals surface area (Å²) in [7, 11) is 1.87. The molecule has 6 heteroatoms. The highest BCUT2D eigenvalue weighted by molar-refractivity contribution is 5.98. The molecule has 0 saturated carbocycles. The molecule has 0 aliphatic rings. The van der Waals surface area contributed by atoms with Crippen LogP contribution in [0.2, 0.25) is 0 Å². The highest BCUT2D eigenvalue weighted by Crippen LogP contribution is 2.29. The van der Waals surface area contributed by atoms with Gasteiger partial charge in [0.2, 0.25) is 0 Å². The Balaban J connectivity index is 1.83. The van der Waals surface area contributed by atoms with Gasteiger partial charge in [0.15, 0.2) is 5.82 Å². The number of halogens is 1. The first-order valence-electron chi connectivity index (χ1n) is 6.69. The summed E-state index contributed by atoms with van der Waals surface area (Å²) in [5.74, 6) is -0.384. The number of nitrogens with one attached hydrogen (secondary N) is 1. The van der Waals surface area contributed by atoms with Gasteiger partial charge in [-0.25, -0.2) is 4.39 Å². The third-order valence-electron chi connectivity index (χ3n) is 3.35. The number of nitrogens with two attached hydrogens (primary N) is 1. The van der Waals surface area contributed by atoms with Crippen LogP contribution in [0.25, 0.3) is 10.9 Å². The molecule has 0 radical (unpaired) electrons. The number of hydrogen-bond acceptors (Lipinski definition) is 4. The molecule has 0 unspecified atom stereocenters. The third kappa shape index (κ3) is 2.65. The van der Waals surface area contributed by atoms with E-state index in [1.54, 1.807) is 23.1 Å². The first-order chi connectivity index (χ1) is 10.1. The van der Waals surface area contributed by atoms with Crippen molar-refractivity contribution in [1.29, 1.82) is 0 Å². The van der Waals surface area contributed by atoms with Crippen LogP contribution in [0.1, 0.15) is 5.56 Å². The molecule has 0 bridgehead atoms. The molecule has 0 aliphatic heterocycles. The normalized spacial score (nSPS) is 11.0. The molecule has 2 heterocycles. The van der Waals surface area contributed by atoms with E-state index in [2.05, 4.69) is 15.4 Å². The lowest BCUT2D eigenvalue weighted by Crippen LogP contribution is -2.08. The summed E-state index contributed by atoms with van der Waals surface area (Å²) in [5.41, 5.74) is 8.27. The fourth-order valence-electron chi connectivity index (χ4n) is 2.34. The van der Waals surface area contributed by atoms with E-state index in [0.717, 1.165) is 17.4 Å². The number of pyridine rings is 1. The van der Waals surface area contributed by atoms with Crippen molar-refractivity contribution in [3.63, 3.8) is 0 Å². The van der Waals surface area contributed by atoms with Gasteiger partial charge in [-0.05, 0) is 30.2 Å². The molecule has 108 valence electrons. The van der Waals surface area contributed by atoms with Crippen LogP contribution in [0.3, 0.4) is 0 Å². The number of aromatic nitrogens is 3. The van der Waals surface area contributed by atoms with Gasteiger partial charge in [0.25, 0.3) is 0 Å². The smallest absolute Gasteiger partial charge is 0.150 e. The van der Waals surface area contributed by atoms with Crippen molar-refractivity contribution in [3.8, 4) is 0 Å². The van der Waals surface area contributed by atoms with Crippen LogP contribution < -0.4 is 11.1 Å². The maximum atomic E-state index is 14.1. The molecule has 5 nitrogen and oxygen atoms in total. The predicted octanol–water partition coefficient (Wildman–Crippen LogP) is 2.34. The van der Waals surface area contributed by atoms with Crippen molar-refractivity contribution in [1.82, 2.24) is 14.8 Å². The van der Waals surface area contributed by atoms with E-state index in [9.17, 15) is 4.39 Å². The van der Waals surface area contributed by atoms with Crippen LogP contribution in [-0.4, -0.2) is 21.3 Å². The summed E-state index contributed by atoms with van der Waals surface area (Å²) in [5, 5.41) is 7.97. The van der Waals surface area contributed by atoms with Crippen LogP contribution in [0.15, 0.2) is 36.8 Å². The maximum Gasteiger partial charge on any atom is 0.150 e. The summed E-state index contributed by atoms with van der Waals surface area (Å²) in [6, 6.07) is 4.95. The zero-order valence-electron chi connectivity index (χ0n) is 11.7. The molecule has 0 saturated heterocycles. The van der Waals surface area contributed by atoms with E-state index in [-0.39, 0.29) is 5.82 Å². The van der Waals surface area contributed by atoms with Gasteiger partial charge in [0, 0.05) is 37.1 Å². The average Bonchev–Trinajstić information content (AvgIpc) is 2.88. The third-order valence-corrected chi connectivity index (χ3v) is 3.35. The molecule has 1 aromatic carbocycles. The maximum absolute atomic E-state index is 14.1. The van der Waals surface area contributed by atoms with E-state index in [4.69, 9.17) is 5.73 Å². The minimum absolute atomic E-state index is 0.384. The molecular formula is C15H16FN5. The summed E-state index contributed by atoms with van der Waals surface area (Å²) < 4.78 is 15.9. The molecule has 21 heavy (non-hydrogen) atoms. The summed E-state index contributed by atoms with van der Waals surface area (Å²) in [4.78, 5) is 4.23. The second kappa shape index (κ2) is 5.40. The zero-order valence-corrected chi connectivity index (χ0v) is 11.7. The van der Waals surface area contributed by atoms with Crippen molar-refractivity contribution in [2.75, 3.05) is 17.6 Å². The van der Waals surface area contributed by atoms with Crippen LogP contribution in [0, 0.1) is 5.82 Å². The molecule has 3 N–H and O–H groups in total. The summed E-state index contributed by atoms with van der Waals surface area (Å²) >= 11 is 0. The number of aryl methyl sites for hydroxylation is 1. The van der Waals surface area contributed by atoms with Crippen molar-refractivity contribution in [3.05, 3.63) is 48.2 Å². The summed E-state index contributed by atoms with van der Waals surface area (Å²) in [6.45, 7) is 0.595. The minimum atomic E-state index is -0.384. The molecule has 0 fully saturated rings. The van der Waals surface area contributed by atoms with Crippen molar-refractivity contribution < 1.29 is 4.39 Å². The Bertz CT molecular complexity index is 781. The zero-order chi connectivity index (χ0) is 14.8. The predicted molar refractivity (Wildman–Crippen MR) is 81.5 cm³/mol. The monoisotopic (exact) mass is 285 g/mol. The Morgan fingerprint density at radius 1 is 1.43 bits per heavy atom. The first-order valence-corrected chi connectivity index (χ1v) is 6.69. The SMILES string of the molecule is Cn1cc(CCNc2c(F)cc(N)c3cccnc23)cn1. The Labute approximate surface area is 121 Å². The molecule has 0 amide bonds. The number of anilines is 2. The van der Waals surface area contributed by atoms with Crippen LogP contribution in [0.5, 0.6) is 0 Å². The highest BCUT2D eigenvalue weighted by Gasteiger charge is 2.11. The molecule has 3 rings (SSSR count). The average molecular weight is 285 g/mol. The van der Waals surface area contributed by atoms with Crippen LogP contribution in [0.4, 0.5) is 15.8 Å². The first kappa shape index (κ1) is 13.4. The Morgan fingerprint density at radius 3 is 3.05 bits per heavy atom. The van der Waals surface area contributed by atoms with Crippen molar-refractivity contribution in [2.24, 2.45) is 7.05 Å². The largest absolute Gasteiger partial charge is 0.398 e. The Hall–Kier alpha value is -2.63. The standard InChI is InChI=1S/C15H16FN5/c1-21-9-10(8-20-21)4-6-19-15-12(16)7-13(17)11-3-2-5-18-14(11)15/h2-3,5,7-9,19H,4,6,17H2,1H3. The molecule has 0 atom stereocenters. The second-order valence-corrected chi connectivity index (χ2v) is 4.92. The minimum Gasteiger partial charge on any atom is -0.398 e. The van der Waals surface area contributed by atoms with Crippen molar-refractivity contribution in [2.45, 2.75) is 6.42 Å². The van der Waals surface area contributed by atoms with Gasteiger partial charge in [0.1, 0.15) is 0 Å².